The average molecular weight is 252 g/mol. The second kappa shape index (κ2) is 5.77. The van der Waals surface area contributed by atoms with Gasteiger partial charge in [0.25, 0.3) is 0 Å². The van der Waals surface area contributed by atoms with E-state index >= 15 is 0 Å². The Kier molecular flexibility index (Phi) is 3.87. The summed E-state index contributed by atoms with van der Waals surface area (Å²) in [5.74, 6) is 2.49. The lowest BCUT2D eigenvalue weighted by Gasteiger charge is -2.41. The topological polar surface area (TPSA) is 0 Å². The van der Waals surface area contributed by atoms with Gasteiger partial charge in [0.1, 0.15) is 0 Å². The van der Waals surface area contributed by atoms with Crippen LogP contribution < -0.4 is 0 Å². The lowest BCUT2D eigenvalue weighted by molar-refractivity contribution is 0.217. The smallest absolute Gasteiger partial charge is 0.0125 e. The van der Waals surface area contributed by atoms with Crippen molar-refractivity contribution in [3.63, 3.8) is 0 Å². The Morgan fingerprint density at radius 2 is 1.95 bits per heavy atom. The number of hydrogen-bond donors (Lipinski definition) is 0. The maximum atomic E-state index is 2.46. The molecule has 100 valence electrons. The molecular formula is C19H24. The Hall–Kier alpha value is -1.30. The summed E-state index contributed by atoms with van der Waals surface area (Å²) in [5.41, 5.74) is 3.27. The van der Waals surface area contributed by atoms with Gasteiger partial charge in [0.15, 0.2) is 0 Å². The lowest BCUT2D eigenvalue weighted by atomic mass is 9.63. The van der Waals surface area contributed by atoms with Gasteiger partial charge >= 0.3 is 0 Å². The van der Waals surface area contributed by atoms with E-state index in [2.05, 4.69) is 55.5 Å². The van der Waals surface area contributed by atoms with Gasteiger partial charge in [-0.3, -0.25) is 0 Å². The Morgan fingerprint density at radius 1 is 1.05 bits per heavy atom. The molecule has 2 aliphatic rings. The first kappa shape index (κ1) is 12.7. The highest BCUT2D eigenvalue weighted by Crippen LogP contribution is 2.48. The fourth-order valence-electron chi connectivity index (χ4n) is 4.10. The number of hydrogen-bond acceptors (Lipinski definition) is 0. The standard InChI is InChI=1S/C19H24/c1-2-3-4-8-15-10-7-12-19-17-11-6-5-9-16(17)13-14-18(15)19/h2-6,8-9,11,15,18-19H,7,10,12-14H2,1H3/b3-2+,8-4+/t15-,18+,19-/m0/s1. The highest BCUT2D eigenvalue weighted by molar-refractivity contribution is 5.34. The van der Waals surface area contributed by atoms with E-state index in [0.717, 1.165) is 17.8 Å². The first-order chi connectivity index (χ1) is 9.40. The van der Waals surface area contributed by atoms with E-state index in [4.69, 9.17) is 0 Å². The average Bonchev–Trinajstić information content (AvgIpc) is 2.47. The summed E-state index contributed by atoms with van der Waals surface area (Å²) >= 11 is 0. The van der Waals surface area contributed by atoms with Gasteiger partial charge < -0.3 is 0 Å². The van der Waals surface area contributed by atoms with Crippen molar-refractivity contribution in [2.45, 2.75) is 44.9 Å². The van der Waals surface area contributed by atoms with Crippen molar-refractivity contribution in [2.75, 3.05) is 0 Å². The fraction of sp³-hybridized carbons (Fsp3) is 0.474. The maximum absolute atomic E-state index is 2.46. The minimum atomic E-state index is 0.795. The van der Waals surface area contributed by atoms with Gasteiger partial charge in [-0.15, -0.1) is 0 Å². The molecule has 0 radical (unpaired) electrons. The molecule has 2 aliphatic carbocycles. The van der Waals surface area contributed by atoms with Crippen molar-refractivity contribution in [3.05, 3.63) is 59.7 Å². The molecule has 0 aliphatic heterocycles. The molecule has 0 nitrogen and oxygen atoms in total. The van der Waals surface area contributed by atoms with Crippen molar-refractivity contribution in [1.29, 1.82) is 0 Å². The highest BCUT2D eigenvalue weighted by atomic mass is 14.4. The predicted octanol–water partition coefficient (Wildman–Crippen LogP) is 5.27. The molecule has 3 rings (SSSR count). The molecule has 0 saturated heterocycles. The summed E-state index contributed by atoms with van der Waals surface area (Å²) in [6.45, 7) is 2.09. The molecule has 0 heteroatoms. The molecule has 1 fully saturated rings. The van der Waals surface area contributed by atoms with Crippen LogP contribution in [0.25, 0.3) is 0 Å². The van der Waals surface area contributed by atoms with Crippen LogP contribution in [-0.2, 0) is 6.42 Å². The number of fused-ring (bicyclic) bond motifs is 3. The van der Waals surface area contributed by atoms with Crippen LogP contribution in [0.2, 0.25) is 0 Å². The van der Waals surface area contributed by atoms with Crippen LogP contribution in [0.3, 0.4) is 0 Å². The van der Waals surface area contributed by atoms with E-state index in [0.29, 0.717) is 0 Å². The highest BCUT2D eigenvalue weighted by Gasteiger charge is 2.36. The summed E-state index contributed by atoms with van der Waals surface area (Å²) in [6.07, 6.45) is 15.8. The lowest BCUT2D eigenvalue weighted by Crippen LogP contribution is -2.30. The molecule has 0 unspecified atom stereocenters. The largest absolute Gasteiger partial charge is 0.0877 e. The monoisotopic (exact) mass is 252 g/mol. The molecule has 0 heterocycles. The Labute approximate surface area is 117 Å². The summed E-state index contributed by atoms with van der Waals surface area (Å²) in [6, 6.07) is 9.14. The zero-order valence-electron chi connectivity index (χ0n) is 11.9. The van der Waals surface area contributed by atoms with E-state index in [-0.39, 0.29) is 0 Å². The van der Waals surface area contributed by atoms with E-state index < -0.39 is 0 Å². The fourth-order valence-corrected chi connectivity index (χ4v) is 4.10. The van der Waals surface area contributed by atoms with Gasteiger partial charge in [-0.25, -0.2) is 0 Å². The Bertz CT molecular complexity index is 481. The molecule has 0 amide bonds. The SMILES string of the molecule is C/C=C/C=C/[C@H]1CCC[C@H]2c3ccccc3CC[C@H]12. The van der Waals surface area contributed by atoms with Gasteiger partial charge in [0.05, 0.1) is 0 Å². The number of benzene rings is 1. The third kappa shape index (κ3) is 2.54. The van der Waals surface area contributed by atoms with Crippen molar-refractivity contribution in [3.8, 4) is 0 Å². The van der Waals surface area contributed by atoms with Crippen LogP contribution in [0.4, 0.5) is 0 Å². The van der Waals surface area contributed by atoms with E-state index in [1.165, 1.54) is 32.1 Å². The number of rotatable bonds is 2. The second-order valence-corrected chi connectivity index (χ2v) is 6.01. The molecule has 0 bridgehead atoms. The second-order valence-electron chi connectivity index (χ2n) is 6.01. The molecule has 1 saturated carbocycles. The molecule has 19 heavy (non-hydrogen) atoms. The van der Waals surface area contributed by atoms with E-state index in [1.807, 2.05) is 0 Å². The first-order valence-electron chi connectivity index (χ1n) is 7.77. The minimum absolute atomic E-state index is 0.795. The van der Waals surface area contributed by atoms with E-state index in [9.17, 15) is 0 Å². The van der Waals surface area contributed by atoms with Gasteiger partial charge in [-0.2, -0.15) is 0 Å². The van der Waals surface area contributed by atoms with Crippen molar-refractivity contribution in [1.82, 2.24) is 0 Å². The summed E-state index contributed by atoms with van der Waals surface area (Å²) in [7, 11) is 0. The molecule has 0 N–H and O–H groups in total. The van der Waals surface area contributed by atoms with Gasteiger partial charge in [0.2, 0.25) is 0 Å². The van der Waals surface area contributed by atoms with Gasteiger partial charge in [-0.05, 0) is 61.5 Å². The van der Waals surface area contributed by atoms with Crippen LogP contribution >= 0.6 is 0 Å². The van der Waals surface area contributed by atoms with Crippen LogP contribution in [0, 0.1) is 11.8 Å². The molecule has 0 spiro atoms. The summed E-state index contributed by atoms with van der Waals surface area (Å²) < 4.78 is 0. The third-order valence-electron chi connectivity index (χ3n) is 4.98. The zero-order chi connectivity index (χ0) is 13.1. The van der Waals surface area contributed by atoms with Gasteiger partial charge in [0, 0.05) is 0 Å². The normalized spacial score (nSPS) is 30.5. The minimum Gasteiger partial charge on any atom is -0.0877 e. The van der Waals surface area contributed by atoms with Crippen molar-refractivity contribution in [2.24, 2.45) is 11.8 Å². The molecule has 1 aromatic rings. The van der Waals surface area contributed by atoms with Crippen LogP contribution in [0.15, 0.2) is 48.6 Å². The van der Waals surface area contributed by atoms with E-state index in [1.54, 1.807) is 11.1 Å². The quantitative estimate of drug-likeness (QED) is 0.629. The number of allylic oxidation sites excluding steroid dienone is 4. The summed E-state index contributed by atoms with van der Waals surface area (Å²) in [4.78, 5) is 0. The van der Waals surface area contributed by atoms with Crippen LogP contribution in [0.1, 0.15) is 49.7 Å². The maximum Gasteiger partial charge on any atom is -0.0125 e. The molecule has 3 atom stereocenters. The third-order valence-corrected chi connectivity index (χ3v) is 4.98. The molecular weight excluding hydrogens is 228 g/mol. The van der Waals surface area contributed by atoms with Crippen LogP contribution in [-0.4, -0.2) is 0 Å². The first-order valence-corrected chi connectivity index (χ1v) is 7.77. The molecule has 1 aromatic carbocycles. The Morgan fingerprint density at radius 3 is 2.84 bits per heavy atom. The molecule has 0 aromatic heterocycles. The van der Waals surface area contributed by atoms with Crippen LogP contribution in [0.5, 0.6) is 0 Å². The van der Waals surface area contributed by atoms with Gasteiger partial charge in [-0.1, -0.05) is 55.0 Å². The zero-order valence-corrected chi connectivity index (χ0v) is 11.9. The predicted molar refractivity (Wildman–Crippen MR) is 82.3 cm³/mol. The van der Waals surface area contributed by atoms with Crippen molar-refractivity contribution >= 4 is 0 Å². The summed E-state index contributed by atoms with van der Waals surface area (Å²) in [5, 5.41) is 0. The van der Waals surface area contributed by atoms with Crippen molar-refractivity contribution < 1.29 is 0 Å². The number of aryl methyl sites for hydroxylation is 1. The Balaban J connectivity index is 1.84.